The third-order valence-electron chi connectivity index (χ3n) is 5.19. The summed E-state index contributed by atoms with van der Waals surface area (Å²) in [5, 5.41) is 9.01. The summed E-state index contributed by atoms with van der Waals surface area (Å²) in [5.41, 5.74) is 4.51. The summed E-state index contributed by atoms with van der Waals surface area (Å²) in [5.74, 6) is 0.412. The zero-order valence-corrected chi connectivity index (χ0v) is 18.6. The van der Waals surface area contributed by atoms with E-state index in [-0.39, 0.29) is 5.56 Å². The molecule has 5 rings (SSSR count). The highest BCUT2D eigenvalue weighted by atomic mass is 35.5. The number of pyridine rings is 2. The number of nitrogens with one attached hydrogen (secondary N) is 3. The Morgan fingerprint density at radius 3 is 2.69 bits per heavy atom. The predicted octanol–water partition coefficient (Wildman–Crippen LogP) is 4.88. The van der Waals surface area contributed by atoms with Crippen LogP contribution in [0, 0.1) is 0 Å². The molecule has 5 aromatic rings. The lowest BCUT2D eigenvalue weighted by Gasteiger charge is -2.18. The van der Waals surface area contributed by atoms with Crippen molar-refractivity contribution in [2.45, 2.75) is 6.92 Å². The lowest BCUT2D eigenvalue weighted by molar-refractivity contribution is 0.687. The minimum absolute atomic E-state index is 0.262. The first-order valence-electron chi connectivity index (χ1n) is 9.95. The van der Waals surface area contributed by atoms with Gasteiger partial charge in [0.15, 0.2) is 0 Å². The zero-order chi connectivity index (χ0) is 22.2. The third-order valence-corrected chi connectivity index (χ3v) is 6.45. The molecule has 160 valence electrons. The SMILES string of the molecule is CCS(=O)Nc1c(-c2cc(Cl)c3[nH]ncc3c2)c(-c2ccccc2)nc2[nH]c(=O)ccc12. The third kappa shape index (κ3) is 3.57. The molecular formula is C23H18ClN5O2S. The first-order valence-corrected chi connectivity index (χ1v) is 11.7. The Balaban J connectivity index is 1.93. The van der Waals surface area contributed by atoms with Crippen LogP contribution in [-0.2, 0) is 11.0 Å². The van der Waals surface area contributed by atoms with Gasteiger partial charge in [-0.05, 0) is 23.8 Å². The molecule has 0 saturated heterocycles. The molecule has 0 spiro atoms. The number of fused-ring (bicyclic) bond motifs is 2. The van der Waals surface area contributed by atoms with Crippen LogP contribution < -0.4 is 10.3 Å². The molecule has 0 saturated carbocycles. The summed E-state index contributed by atoms with van der Waals surface area (Å²) < 4.78 is 15.8. The number of hydrogen-bond donors (Lipinski definition) is 3. The van der Waals surface area contributed by atoms with E-state index in [1.807, 2.05) is 49.4 Å². The van der Waals surface area contributed by atoms with Crippen molar-refractivity contribution in [2.75, 3.05) is 10.5 Å². The quantitative estimate of drug-likeness (QED) is 0.345. The average molecular weight is 464 g/mol. The van der Waals surface area contributed by atoms with Crippen LogP contribution in [0.3, 0.4) is 0 Å². The molecule has 32 heavy (non-hydrogen) atoms. The van der Waals surface area contributed by atoms with E-state index in [2.05, 4.69) is 19.9 Å². The largest absolute Gasteiger partial charge is 0.306 e. The van der Waals surface area contributed by atoms with Gasteiger partial charge < -0.3 is 9.71 Å². The van der Waals surface area contributed by atoms with Crippen molar-refractivity contribution in [3.63, 3.8) is 0 Å². The fraction of sp³-hybridized carbons (Fsp3) is 0.0870. The van der Waals surface area contributed by atoms with Gasteiger partial charge in [0.1, 0.15) is 16.6 Å². The molecule has 3 N–H and O–H groups in total. The van der Waals surface area contributed by atoms with Gasteiger partial charge in [-0.2, -0.15) is 5.10 Å². The number of hydrogen-bond acceptors (Lipinski definition) is 4. The Hall–Kier alpha value is -3.49. The average Bonchev–Trinajstić information content (AvgIpc) is 3.28. The van der Waals surface area contributed by atoms with E-state index in [0.717, 1.165) is 27.6 Å². The molecule has 9 heteroatoms. The van der Waals surface area contributed by atoms with Crippen LogP contribution in [0.15, 0.2) is 65.6 Å². The van der Waals surface area contributed by atoms with Gasteiger partial charge >= 0.3 is 0 Å². The highest BCUT2D eigenvalue weighted by molar-refractivity contribution is 7.86. The summed E-state index contributed by atoms with van der Waals surface area (Å²) in [6.07, 6.45) is 1.70. The minimum atomic E-state index is -1.33. The Bertz CT molecular complexity index is 1550. The van der Waals surface area contributed by atoms with Gasteiger partial charge in [0.2, 0.25) is 5.56 Å². The van der Waals surface area contributed by atoms with E-state index >= 15 is 0 Å². The van der Waals surface area contributed by atoms with Crippen molar-refractivity contribution in [3.8, 4) is 22.4 Å². The summed E-state index contributed by atoms with van der Waals surface area (Å²) in [4.78, 5) is 19.6. The molecule has 2 aromatic carbocycles. The van der Waals surface area contributed by atoms with Crippen molar-refractivity contribution in [2.24, 2.45) is 0 Å². The lowest BCUT2D eigenvalue weighted by Crippen LogP contribution is -2.11. The Morgan fingerprint density at radius 2 is 1.91 bits per heavy atom. The van der Waals surface area contributed by atoms with Crippen molar-refractivity contribution in [1.29, 1.82) is 0 Å². The van der Waals surface area contributed by atoms with Crippen LogP contribution in [0.5, 0.6) is 0 Å². The molecule has 0 fully saturated rings. The fourth-order valence-electron chi connectivity index (χ4n) is 3.71. The van der Waals surface area contributed by atoms with Crippen LogP contribution >= 0.6 is 11.6 Å². The van der Waals surface area contributed by atoms with Crippen LogP contribution in [0.4, 0.5) is 5.69 Å². The van der Waals surface area contributed by atoms with E-state index in [0.29, 0.717) is 33.2 Å². The topological polar surface area (TPSA) is 104 Å². The van der Waals surface area contributed by atoms with Crippen LogP contribution in [-0.4, -0.2) is 30.1 Å². The Labute approximate surface area is 190 Å². The standard InChI is InChI=1S/C23H18ClN5O2S/c1-2-32(31)29-22-16-8-9-18(30)26-23(16)27-21(13-6-4-3-5-7-13)19(22)14-10-15-12-25-28-20(15)17(24)11-14/h3-12H,2H2,1H3,(H,25,28)(H2,26,27,29,30). The molecule has 1 unspecified atom stereocenters. The van der Waals surface area contributed by atoms with E-state index in [4.69, 9.17) is 16.6 Å². The molecule has 0 aliphatic rings. The van der Waals surface area contributed by atoms with E-state index in [9.17, 15) is 9.00 Å². The smallest absolute Gasteiger partial charge is 0.249 e. The summed E-state index contributed by atoms with van der Waals surface area (Å²) in [6, 6.07) is 16.6. The maximum absolute atomic E-state index is 12.6. The number of anilines is 1. The minimum Gasteiger partial charge on any atom is -0.306 e. The molecule has 1 atom stereocenters. The number of aromatic amines is 2. The Kier molecular flexibility index (Phi) is 5.24. The highest BCUT2D eigenvalue weighted by Crippen LogP contribution is 2.42. The second-order valence-corrected chi connectivity index (χ2v) is 9.07. The van der Waals surface area contributed by atoms with Crippen molar-refractivity contribution < 1.29 is 4.21 Å². The number of nitrogens with zero attached hydrogens (tertiary/aromatic N) is 2. The van der Waals surface area contributed by atoms with Gasteiger partial charge in [-0.3, -0.25) is 9.89 Å². The maximum Gasteiger partial charge on any atom is 0.249 e. The van der Waals surface area contributed by atoms with Crippen LogP contribution in [0.1, 0.15) is 6.92 Å². The van der Waals surface area contributed by atoms with E-state index < -0.39 is 11.0 Å². The van der Waals surface area contributed by atoms with E-state index in [1.165, 1.54) is 6.07 Å². The van der Waals surface area contributed by atoms with Crippen LogP contribution in [0.2, 0.25) is 5.02 Å². The first kappa shape index (κ1) is 20.4. The maximum atomic E-state index is 12.6. The fourth-order valence-corrected chi connectivity index (χ4v) is 4.56. The highest BCUT2D eigenvalue weighted by Gasteiger charge is 2.21. The predicted molar refractivity (Wildman–Crippen MR) is 130 cm³/mol. The summed E-state index contributed by atoms with van der Waals surface area (Å²) in [6.45, 7) is 1.83. The summed E-state index contributed by atoms with van der Waals surface area (Å²) >= 11 is 6.56. The van der Waals surface area contributed by atoms with Gasteiger partial charge in [-0.15, -0.1) is 0 Å². The molecule has 0 radical (unpaired) electrons. The molecular weight excluding hydrogens is 446 g/mol. The molecule has 3 heterocycles. The second kappa shape index (κ2) is 8.22. The van der Waals surface area contributed by atoms with Gasteiger partial charge in [0, 0.05) is 33.7 Å². The summed E-state index contributed by atoms with van der Waals surface area (Å²) in [7, 11) is -1.33. The molecule has 0 aliphatic heterocycles. The molecule has 7 nitrogen and oxygen atoms in total. The molecule has 0 amide bonds. The molecule has 0 aliphatic carbocycles. The van der Waals surface area contributed by atoms with Gasteiger partial charge in [0.25, 0.3) is 0 Å². The number of halogens is 1. The number of aromatic nitrogens is 4. The van der Waals surface area contributed by atoms with Crippen LogP contribution in [0.25, 0.3) is 44.3 Å². The zero-order valence-electron chi connectivity index (χ0n) is 17.0. The molecule has 3 aromatic heterocycles. The molecule has 0 bridgehead atoms. The van der Waals surface area contributed by atoms with Gasteiger partial charge in [-0.1, -0.05) is 48.9 Å². The van der Waals surface area contributed by atoms with Crippen molar-refractivity contribution in [1.82, 2.24) is 20.2 Å². The second-order valence-electron chi connectivity index (χ2n) is 7.19. The normalized spacial score (nSPS) is 12.3. The Morgan fingerprint density at radius 1 is 1.09 bits per heavy atom. The number of H-pyrrole nitrogens is 2. The van der Waals surface area contributed by atoms with E-state index in [1.54, 1.807) is 12.3 Å². The monoisotopic (exact) mass is 463 g/mol. The van der Waals surface area contributed by atoms with Crippen molar-refractivity contribution in [3.05, 3.63) is 76.2 Å². The first-order chi connectivity index (χ1) is 15.5. The number of benzene rings is 2. The van der Waals surface area contributed by atoms with Crippen molar-refractivity contribution >= 4 is 50.2 Å². The number of rotatable bonds is 5. The van der Waals surface area contributed by atoms with Gasteiger partial charge in [0.05, 0.1) is 28.1 Å². The van der Waals surface area contributed by atoms with Gasteiger partial charge in [-0.25, -0.2) is 9.19 Å². The lowest BCUT2D eigenvalue weighted by atomic mass is 9.95.